The molecule has 0 radical (unpaired) electrons. The fraction of sp³-hybridized carbons (Fsp3) is 0.455. The predicted molar refractivity (Wildman–Crippen MR) is 57.9 cm³/mol. The van der Waals surface area contributed by atoms with Crippen LogP contribution in [0.1, 0.15) is 24.9 Å². The highest BCUT2D eigenvalue weighted by Gasteiger charge is 2.06. The van der Waals surface area contributed by atoms with Gasteiger partial charge in [0.25, 0.3) is 0 Å². The first-order valence-corrected chi connectivity index (χ1v) is 5.00. The van der Waals surface area contributed by atoms with Crippen molar-refractivity contribution in [2.45, 2.75) is 19.4 Å². The van der Waals surface area contributed by atoms with E-state index in [0.29, 0.717) is 13.0 Å². The van der Waals surface area contributed by atoms with Crippen LogP contribution in [-0.2, 0) is 0 Å². The van der Waals surface area contributed by atoms with Crippen molar-refractivity contribution < 1.29 is 15.3 Å². The van der Waals surface area contributed by atoms with Gasteiger partial charge < -0.3 is 20.6 Å². The van der Waals surface area contributed by atoms with E-state index in [-0.39, 0.29) is 24.1 Å². The van der Waals surface area contributed by atoms with Gasteiger partial charge in [-0.15, -0.1) is 0 Å². The van der Waals surface area contributed by atoms with Crippen molar-refractivity contribution in [2.75, 3.05) is 13.2 Å². The number of nitrogens with one attached hydrogen (secondary N) is 1. The van der Waals surface area contributed by atoms with Gasteiger partial charge in [-0.1, -0.05) is 0 Å². The van der Waals surface area contributed by atoms with E-state index in [4.69, 9.17) is 5.11 Å². The molecule has 0 fully saturated rings. The number of phenolic OH excluding ortho intramolecular Hbond substituents is 2. The van der Waals surface area contributed by atoms with Gasteiger partial charge in [-0.05, 0) is 37.6 Å². The average molecular weight is 211 g/mol. The zero-order valence-electron chi connectivity index (χ0n) is 8.77. The van der Waals surface area contributed by atoms with Crippen LogP contribution in [0.3, 0.4) is 0 Å². The van der Waals surface area contributed by atoms with E-state index in [1.165, 1.54) is 6.07 Å². The summed E-state index contributed by atoms with van der Waals surface area (Å²) in [5, 5.41) is 30.4. The Balaban J connectivity index is 2.60. The van der Waals surface area contributed by atoms with Crippen LogP contribution in [0, 0.1) is 0 Å². The molecule has 0 saturated carbocycles. The normalized spacial score (nSPS) is 12.7. The van der Waals surface area contributed by atoms with Crippen LogP contribution in [0.25, 0.3) is 0 Å². The third kappa shape index (κ3) is 3.77. The van der Waals surface area contributed by atoms with Crippen LogP contribution in [0.5, 0.6) is 11.5 Å². The van der Waals surface area contributed by atoms with Gasteiger partial charge >= 0.3 is 0 Å². The van der Waals surface area contributed by atoms with Crippen molar-refractivity contribution in [3.63, 3.8) is 0 Å². The number of hydrogen-bond donors (Lipinski definition) is 4. The third-order valence-corrected chi connectivity index (χ3v) is 2.21. The molecule has 1 aromatic carbocycles. The lowest BCUT2D eigenvalue weighted by molar-refractivity contribution is 0.284. The molecule has 4 heteroatoms. The van der Waals surface area contributed by atoms with Gasteiger partial charge in [0.2, 0.25) is 0 Å². The second-order valence-electron chi connectivity index (χ2n) is 3.54. The summed E-state index contributed by atoms with van der Waals surface area (Å²) in [5.74, 6) is 0.113. The molecular formula is C11H17NO3. The van der Waals surface area contributed by atoms with E-state index in [1.54, 1.807) is 12.1 Å². The Labute approximate surface area is 89.2 Å². The Kier molecular flexibility index (Phi) is 4.39. The number of benzene rings is 1. The molecule has 0 aliphatic carbocycles. The molecular weight excluding hydrogens is 194 g/mol. The SMILES string of the molecule is CC(NCCCO)c1cc(O)cc(O)c1. The van der Waals surface area contributed by atoms with Gasteiger partial charge in [-0.25, -0.2) is 0 Å². The lowest BCUT2D eigenvalue weighted by atomic mass is 10.1. The van der Waals surface area contributed by atoms with E-state index in [1.807, 2.05) is 6.92 Å². The van der Waals surface area contributed by atoms with Crippen molar-refractivity contribution >= 4 is 0 Å². The fourth-order valence-corrected chi connectivity index (χ4v) is 1.38. The Hall–Kier alpha value is -1.26. The van der Waals surface area contributed by atoms with Gasteiger partial charge in [0, 0.05) is 18.7 Å². The summed E-state index contributed by atoms with van der Waals surface area (Å²) in [5.41, 5.74) is 0.824. The van der Waals surface area contributed by atoms with Crippen LogP contribution >= 0.6 is 0 Å². The summed E-state index contributed by atoms with van der Waals surface area (Å²) < 4.78 is 0. The van der Waals surface area contributed by atoms with Crippen LogP contribution in [0.4, 0.5) is 0 Å². The molecule has 0 amide bonds. The van der Waals surface area contributed by atoms with Crippen LogP contribution in [0.2, 0.25) is 0 Å². The minimum Gasteiger partial charge on any atom is -0.508 e. The van der Waals surface area contributed by atoms with E-state index >= 15 is 0 Å². The van der Waals surface area contributed by atoms with E-state index in [0.717, 1.165) is 5.56 Å². The molecule has 1 rings (SSSR count). The maximum atomic E-state index is 9.29. The summed E-state index contributed by atoms with van der Waals surface area (Å²) >= 11 is 0. The lowest BCUT2D eigenvalue weighted by Crippen LogP contribution is -2.20. The molecule has 1 unspecified atom stereocenters. The van der Waals surface area contributed by atoms with E-state index in [9.17, 15) is 10.2 Å². The summed E-state index contributed by atoms with van der Waals surface area (Å²) in [6.45, 7) is 2.80. The summed E-state index contributed by atoms with van der Waals surface area (Å²) in [7, 11) is 0. The second kappa shape index (κ2) is 5.58. The topological polar surface area (TPSA) is 72.7 Å². The zero-order chi connectivity index (χ0) is 11.3. The number of rotatable bonds is 5. The Morgan fingerprint density at radius 1 is 1.20 bits per heavy atom. The molecule has 1 aromatic rings. The van der Waals surface area contributed by atoms with E-state index < -0.39 is 0 Å². The van der Waals surface area contributed by atoms with E-state index in [2.05, 4.69) is 5.32 Å². The molecule has 84 valence electrons. The van der Waals surface area contributed by atoms with Crippen molar-refractivity contribution in [1.82, 2.24) is 5.32 Å². The first-order chi connectivity index (χ1) is 7.13. The number of aliphatic hydroxyl groups is 1. The van der Waals surface area contributed by atoms with Crippen LogP contribution in [0.15, 0.2) is 18.2 Å². The highest BCUT2D eigenvalue weighted by molar-refractivity contribution is 5.37. The largest absolute Gasteiger partial charge is 0.508 e. The molecule has 0 aliphatic heterocycles. The zero-order valence-corrected chi connectivity index (χ0v) is 8.77. The van der Waals surface area contributed by atoms with Crippen molar-refractivity contribution in [1.29, 1.82) is 0 Å². The first kappa shape index (κ1) is 11.8. The summed E-state index contributed by atoms with van der Waals surface area (Å²) in [6, 6.07) is 4.55. The highest BCUT2D eigenvalue weighted by Crippen LogP contribution is 2.24. The Morgan fingerprint density at radius 3 is 2.33 bits per heavy atom. The number of aromatic hydroxyl groups is 2. The number of phenols is 2. The maximum Gasteiger partial charge on any atom is 0.119 e. The quantitative estimate of drug-likeness (QED) is 0.551. The minimum atomic E-state index is 0.0366. The smallest absolute Gasteiger partial charge is 0.119 e. The van der Waals surface area contributed by atoms with Gasteiger partial charge in [-0.3, -0.25) is 0 Å². The highest BCUT2D eigenvalue weighted by atomic mass is 16.3. The second-order valence-corrected chi connectivity index (χ2v) is 3.54. The molecule has 0 spiro atoms. The van der Waals surface area contributed by atoms with Gasteiger partial charge in [0.1, 0.15) is 11.5 Å². The van der Waals surface area contributed by atoms with Gasteiger partial charge in [0.15, 0.2) is 0 Å². The van der Waals surface area contributed by atoms with Crippen LogP contribution in [-0.4, -0.2) is 28.5 Å². The third-order valence-electron chi connectivity index (χ3n) is 2.21. The summed E-state index contributed by atoms with van der Waals surface area (Å²) in [4.78, 5) is 0. The summed E-state index contributed by atoms with van der Waals surface area (Å²) in [6.07, 6.45) is 0.690. The molecule has 1 atom stereocenters. The first-order valence-electron chi connectivity index (χ1n) is 5.00. The van der Waals surface area contributed by atoms with Crippen molar-refractivity contribution in [2.24, 2.45) is 0 Å². The fourth-order valence-electron chi connectivity index (χ4n) is 1.38. The Bertz CT molecular complexity index is 294. The molecule has 0 heterocycles. The van der Waals surface area contributed by atoms with Crippen molar-refractivity contribution in [3.8, 4) is 11.5 Å². The molecule has 0 aromatic heterocycles. The predicted octanol–water partition coefficient (Wildman–Crippen LogP) is 1.13. The average Bonchev–Trinajstić information content (AvgIpc) is 2.16. The van der Waals surface area contributed by atoms with Gasteiger partial charge in [-0.2, -0.15) is 0 Å². The molecule has 4 N–H and O–H groups in total. The monoisotopic (exact) mass is 211 g/mol. The molecule has 15 heavy (non-hydrogen) atoms. The van der Waals surface area contributed by atoms with Crippen molar-refractivity contribution in [3.05, 3.63) is 23.8 Å². The number of aliphatic hydroxyl groups excluding tert-OH is 1. The standard InChI is InChI=1S/C11H17NO3/c1-8(12-3-2-4-13)9-5-10(14)7-11(15)6-9/h5-8,12-15H,2-4H2,1H3. The molecule has 0 aliphatic rings. The van der Waals surface area contributed by atoms with Gasteiger partial charge in [0.05, 0.1) is 0 Å². The molecule has 4 nitrogen and oxygen atoms in total. The maximum absolute atomic E-state index is 9.29. The number of hydrogen-bond acceptors (Lipinski definition) is 4. The lowest BCUT2D eigenvalue weighted by Gasteiger charge is -2.14. The van der Waals surface area contributed by atoms with Crippen LogP contribution < -0.4 is 5.32 Å². The molecule has 0 bridgehead atoms. The molecule has 0 saturated heterocycles. The Morgan fingerprint density at radius 2 is 1.80 bits per heavy atom. The minimum absolute atomic E-state index is 0.0366.